The molecule has 0 aromatic rings. The van der Waals surface area contributed by atoms with Gasteiger partial charge in [0.15, 0.2) is 0 Å². The molecule has 5 nitrogen and oxygen atoms in total. The van der Waals surface area contributed by atoms with Gasteiger partial charge in [-0.3, -0.25) is 19.3 Å². The first-order valence-corrected chi connectivity index (χ1v) is 7.38. The minimum Gasteiger partial charge on any atom is -0.338 e. The Hall–Kier alpha value is -1.04. The molecule has 1 atom stereocenters. The third-order valence-electron chi connectivity index (χ3n) is 3.55. The summed E-state index contributed by atoms with van der Waals surface area (Å²) in [6.07, 6.45) is 4.12. The summed E-state index contributed by atoms with van der Waals surface area (Å²) < 4.78 is 0. The van der Waals surface area contributed by atoms with E-state index < -0.39 is 0 Å². The molecule has 100 valence electrons. The number of carbonyl (C=O) groups is 3. The van der Waals surface area contributed by atoms with Crippen LogP contribution in [0.5, 0.6) is 0 Å². The van der Waals surface area contributed by atoms with Gasteiger partial charge < -0.3 is 4.90 Å². The Bertz CT molecular complexity index is 356. The summed E-state index contributed by atoms with van der Waals surface area (Å²) in [7, 11) is 0. The van der Waals surface area contributed by atoms with Crippen LogP contribution >= 0.6 is 11.8 Å². The third-order valence-corrected chi connectivity index (χ3v) is 4.41. The highest BCUT2D eigenvalue weighted by molar-refractivity contribution is 8.14. The quantitative estimate of drug-likeness (QED) is 0.779. The van der Waals surface area contributed by atoms with Crippen molar-refractivity contribution in [1.82, 2.24) is 9.80 Å². The maximum atomic E-state index is 12.2. The van der Waals surface area contributed by atoms with Crippen LogP contribution in [0.25, 0.3) is 0 Å². The smallest absolute Gasteiger partial charge is 0.289 e. The van der Waals surface area contributed by atoms with Crippen molar-refractivity contribution in [2.45, 2.75) is 38.6 Å². The van der Waals surface area contributed by atoms with E-state index in [4.69, 9.17) is 0 Å². The van der Waals surface area contributed by atoms with E-state index in [-0.39, 0.29) is 35.4 Å². The summed E-state index contributed by atoms with van der Waals surface area (Å²) in [5, 5.41) is -0.293. The Labute approximate surface area is 111 Å². The Balaban J connectivity index is 1.98. The van der Waals surface area contributed by atoms with E-state index >= 15 is 0 Å². The molecule has 0 bridgehead atoms. The fourth-order valence-electron chi connectivity index (χ4n) is 2.51. The van der Waals surface area contributed by atoms with Crippen LogP contribution in [0.4, 0.5) is 4.79 Å². The molecule has 6 heteroatoms. The highest BCUT2D eigenvalue weighted by atomic mass is 32.2. The van der Waals surface area contributed by atoms with Gasteiger partial charge in [0.2, 0.25) is 11.8 Å². The van der Waals surface area contributed by atoms with E-state index in [1.165, 1.54) is 0 Å². The fraction of sp³-hybridized carbons (Fsp3) is 0.750. The molecule has 2 saturated heterocycles. The Kier molecular flexibility index (Phi) is 4.27. The van der Waals surface area contributed by atoms with Crippen LogP contribution in [0, 0.1) is 0 Å². The van der Waals surface area contributed by atoms with Gasteiger partial charge in [-0.05, 0) is 25.7 Å². The average Bonchev–Trinajstić information content (AvgIpc) is 2.70. The molecular weight excluding hydrogens is 252 g/mol. The number of hydrogen-bond donors (Lipinski definition) is 0. The number of likely N-dealkylation sites (tertiary alicyclic amines) is 1. The largest absolute Gasteiger partial charge is 0.338 e. The first kappa shape index (κ1) is 13.4. The van der Waals surface area contributed by atoms with Crippen molar-refractivity contribution in [3.63, 3.8) is 0 Å². The lowest BCUT2D eigenvalue weighted by Crippen LogP contribution is -2.48. The molecule has 0 saturated carbocycles. The number of amides is 3. The normalized spacial score (nSPS) is 24.8. The molecule has 3 amide bonds. The van der Waals surface area contributed by atoms with Gasteiger partial charge in [0.1, 0.15) is 6.54 Å². The van der Waals surface area contributed by atoms with Gasteiger partial charge in [0.05, 0.1) is 5.75 Å². The van der Waals surface area contributed by atoms with Crippen molar-refractivity contribution in [2.24, 2.45) is 0 Å². The molecule has 0 radical (unpaired) electrons. The number of imide groups is 1. The maximum Gasteiger partial charge on any atom is 0.289 e. The molecule has 2 heterocycles. The van der Waals surface area contributed by atoms with Gasteiger partial charge in [-0.2, -0.15) is 0 Å². The van der Waals surface area contributed by atoms with Crippen molar-refractivity contribution >= 4 is 28.8 Å². The van der Waals surface area contributed by atoms with Gasteiger partial charge in [-0.15, -0.1) is 0 Å². The minimum absolute atomic E-state index is 0.0822. The number of nitrogens with zero attached hydrogens (tertiary/aromatic N) is 2. The van der Waals surface area contributed by atoms with Crippen molar-refractivity contribution in [2.75, 3.05) is 18.8 Å². The first-order chi connectivity index (χ1) is 8.63. The van der Waals surface area contributed by atoms with Gasteiger partial charge in [0, 0.05) is 12.6 Å². The van der Waals surface area contributed by atoms with E-state index in [9.17, 15) is 14.4 Å². The van der Waals surface area contributed by atoms with Crippen molar-refractivity contribution in [3.05, 3.63) is 0 Å². The predicted octanol–water partition coefficient (Wildman–Crippen LogP) is 1.47. The fourth-order valence-corrected chi connectivity index (χ4v) is 3.24. The number of thioether (sulfide) groups is 1. The molecule has 2 rings (SSSR count). The minimum atomic E-state index is -0.293. The number of rotatable bonds is 3. The molecule has 0 unspecified atom stereocenters. The molecule has 2 fully saturated rings. The molecule has 0 N–H and O–H groups in total. The number of carbonyl (C=O) groups excluding carboxylic acids is 3. The summed E-state index contributed by atoms with van der Waals surface area (Å²) >= 11 is 0.975. The average molecular weight is 270 g/mol. The zero-order valence-electron chi connectivity index (χ0n) is 10.6. The van der Waals surface area contributed by atoms with Gasteiger partial charge in [-0.25, -0.2) is 0 Å². The van der Waals surface area contributed by atoms with Crippen LogP contribution in [-0.2, 0) is 9.59 Å². The Morgan fingerprint density at radius 3 is 2.78 bits per heavy atom. The van der Waals surface area contributed by atoms with Crippen LogP contribution in [0.1, 0.15) is 32.6 Å². The lowest BCUT2D eigenvalue weighted by atomic mass is 10.00. The Morgan fingerprint density at radius 1 is 1.39 bits per heavy atom. The van der Waals surface area contributed by atoms with E-state index in [1.54, 1.807) is 0 Å². The molecule has 2 aliphatic rings. The summed E-state index contributed by atoms with van der Waals surface area (Å²) in [4.78, 5) is 38.0. The van der Waals surface area contributed by atoms with Crippen LogP contribution in [0.3, 0.4) is 0 Å². The lowest BCUT2D eigenvalue weighted by molar-refractivity contribution is -0.139. The first-order valence-electron chi connectivity index (χ1n) is 6.40. The summed E-state index contributed by atoms with van der Waals surface area (Å²) in [5.41, 5.74) is 0. The topological polar surface area (TPSA) is 57.7 Å². The van der Waals surface area contributed by atoms with Crippen LogP contribution in [0.2, 0.25) is 0 Å². The van der Waals surface area contributed by atoms with Crippen LogP contribution in [-0.4, -0.2) is 51.7 Å². The number of piperidine rings is 1. The van der Waals surface area contributed by atoms with E-state index in [0.717, 1.165) is 48.9 Å². The Morgan fingerprint density at radius 2 is 2.17 bits per heavy atom. The van der Waals surface area contributed by atoms with E-state index in [1.807, 2.05) is 4.90 Å². The second-order valence-electron chi connectivity index (χ2n) is 4.68. The number of hydrogen-bond acceptors (Lipinski definition) is 4. The predicted molar refractivity (Wildman–Crippen MR) is 69.2 cm³/mol. The van der Waals surface area contributed by atoms with Gasteiger partial charge in [-0.1, -0.05) is 18.7 Å². The second kappa shape index (κ2) is 5.73. The summed E-state index contributed by atoms with van der Waals surface area (Å²) in [6, 6.07) is 0.270. The monoisotopic (exact) mass is 270 g/mol. The van der Waals surface area contributed by atoms with Crippen molar-refractivity contribution < 1.29 is 14.4 Å². The highest BCUT2D eigenvalue weighted by Crippen LogP contribution is 2.22. The lowest BCUT2D eigenvalue weighted by Gasteiger charge is -2.35. The molecule has 0 aromatic carbocycles. The van der Waals surface area contributed by atoms with E-state index in [0.29, 0.717) is 0 Å². The van der Waals surface area contributed by atoms with Crippen molar-refractivity contribution in [3.8, 4) is 0 Å². The molecular formula is C12H18N2O3S. The standard InChI is InChI=1S/C12H18N2O3S/c1-2-9-5-3-4-6-13(9)10(15)7-14-11(16)8-18-12(14)17/h9H,2-8H2,1H3/t9-/m1/s1. The van der Waals surface area contributed by atoms with Gasteiger partial charge >= 0.3 is 0 Å². The summed E-state index contributed by atoms with van der Waals surface area (Å²) in [6.45, 7) is 2.74. The molecule has 0 aromatic heterocycles. The highest BCUT2D eigenvalue weighted by Gasteiger charge is 2.34. The van der Waals surface area contributed by atoms with Crippen molar-refractivity contribution in [1.29, 1.82) is 0 Å². The molecule has 0 spiro atoms. The molecule has 2 aliphatic heterocycles. The van der Waals surface area contributed by atoms with E-state index in [2.05, 4.69) is 6.92 Å². The zero-order chi connectivity index (χ0) is 13.1. The van der Waals surface area contributed by atoms with Crippen LogP contribution < -0.4 is 0 Å². The van der Waals surface area contributed by atoms with Crippen LogP contribution in [0.15, 0.2) is 0 Å². The molecule has 0 aliphatic carbocycles. The third kappa shape index (κ3) is 2.68. The zero-order valence-corrected chi connectivity index (χ0v) is 11.4. The van der Waals surface area contributed by atoms with Gasteiger partial charge in [0.25, 0.3) is 5.24 Å². The summed E-state index contributed by atoms with van der Waals surface area (Å²) in [5.74, 6) is -0.169. The SMILES string of the molecule is CC[C@@H]1CCCCN1C(=O)CN1C(=O)CSC1=O. The maximum absolute atomic E-state index is 12.2. The second-order valence-corrected chi connectivity index (χ2v) is 5.61. The molecule has 18 heavy (non-hydrogen) atoms.